The molecule has 4 nitrogen and oxygen atoms in total. The molecule has 0 aliphatic rings. The molecule has 0 saturated carbocycles. The van der Waals surface area contributed by atoms with Crippen LogP contribution in [0.25, 0.3) is 44.0 Å². The van der Waals surface area contributed by atoms with E-state index in [4.69, 9.17) is 10.2 Å². The lowest BCUT2D eigenvalue weighted by molar-refractivity contribution is 0.632. The second-order valence-corrected chi connectivity index (χ2v) is 7.65. The minimum atomic E-state index is 0.783. The number of furan rings is 1. The maximum absolute atomic E-state index is 6.12. The number of nitrogens with zero attached hydrogens (tertiary/aromatic N) is 2. The van der Waals surface area contributed by atoms with Gasteiger partial charge < -0.3 is 14.7 Å². The minimum absolute atomic E-state index is 0.783. The maximum atomic E-state index is 6.12. The van der Waals surface area contributed by atoms with Crippen LogP contribution in [-0.2, 0) is 6.54 Å². The maximum Gasteiger partial charge on any atom is 0.137 e. The number of nitrogen functional groups attached to an aromatic ring is 1. The van der Waals surface area contributed by atoms with Gasteiger partial charge in [0.15, 0.2) is 0 Å². The Kier molecular flexibility index (Phi) is 3.65. The molecule has 0 fully saturated rings. The van der Waals surface area contributed by atoms with Gasteiger partial charge in [0.1, 0.15) is 11.3 Å². The monoisotopic (exact) mass is 389 g/mol. The van der Waals surface area contributed by atoms with Crippen LogP contribution in [-0.4, -0.2) is 9.55 Å². The molecule has 0 aliphatic carbocycles. The van der Waals surface area contributed by atoms with Gasteiger partial charge in [0.2, 0.25) is 0 Å². The van der Waals surface area contributed by atoms with Gasteiger partial charge in [-0.3, -0.25) is 4.98 Å². The molecule has 0 atom stereocenters. The summed E-state index contributed by atoms with van der Waals surface area (Å²) in [6, 6.07) is 24.8. The number of aromatic nitrogens is 2. The van der Waals surface area contributed by atoms with Crippen LogP contribution in [0.15, 0.2) is 95.8 Å². The van der Waals surface area contributed by atoms with E-state index in [2.05, 4.69) is 58.2 Å². The third kappa shape index (κ3) is 2.73. The van der Waals surface area contributed by atoms with Crippen molar-refractivity contribution in [2.45, 2.75) is 6.54 Å². The van der Waals surface area contributed by atoms with Gasteiger partial charge in [0, 0.05) is 58.1 Å². The molecule has 0 saturated heterocycles. The number of nitrogens with two attached hydrogens (primary N) is 1. The van der Waals surface area contributed by atoms with E-state index >= 15 is 0 Å². The third-order valence-corrected chi connectivity index (χ3v) is 5.66. The number of para-hydroxylation sites is 1. The highest BCUT2D eigenvalue weighted by Gasteiger charge is 2.11. The molecule has 3 aromatic heterocycles. The number of hydrogen-bond acceptors (Lipinski definition) is 3. The van der Waals surface area contributed by atoms with Crippen molar-refractivity contribution in [2.24, 2.45) is 0 Å². The number of pyridine rings is 1. The zero-order valence-corrected chi connectivity index (χ0v) is 16.2. The summed E-state index contributed by atoms with van der Waals surface area (Å²) in [6.07, 6.45) is 5.90. The van der Waals surface area contributed by atoms with Crippen LogP contribution in [0.3, 0.4) is 0 Å². The fourth-order valence-corrected chi connectivity index (χ4v) is 4.17. The van der Waals surface area contributed by atoms with E-state index in [0.717, 1.165) is 50.7 Å². The Bertz CT molecular complexity index is 1510. The van der Waals surface area contributed by atoms with E-state index in [0.29, 0.717) is 0 Å². The Morgan fingerprint density at radius 3 is 2.70 bits per heavy atom. The van der Waals surface area contributed by atoms with E-state index in [1.54, 1.807) is 0 Å². The second-order valence-electron chi connectivity index (χ2n) is 7.65. The summed E-state index contributed by atoms with van der Waals surface area (Å²) in [5.41, 5.74) is 11.0. The van der Waals surface area contributed by atoms with Crippen molar-refractivity contribution < 1.29 is 4.42 Å². The standard InChI is InChI=1S/C26H19N3O/c27-21-7-8-24-18(12-21)9-10-29(24)16-17-5-6-20-14-28-15-23(22(20)11-17)26-13-19-3-1-2-4-25(19)30-26/h1-15H,16,27H2. The average molecular weight is 389 g/mol. The second kappa shape index (κ2) is 6.49. The van der Waals surface area contributed by atoms with Gasteiger partial charge in [-0.25, -0.2) is 0 Å². The predicted octanol–water partition coefficient (Wildman–Crippen LogP) is 6.23. The van der Waals surface area contributed by atoms with Crippen molar-refractivity contribution in [3.05, 3.63) is 97.0 Å². The fourth-order valence-electron chi connectivity index (χ4n) is 4.17. The smallest absolute Gasteiger partial charge is 0.137 e. The molecule has 0 unspecified atom stereocenters. The molecule has 0 aliphatic heterocycles. The van der Waals surface area contributed by atoms with Crippen LogP contribution in [0.4, 0.5) is 5.69 Å². The summed E-state index contributed by atoms with van der Waals surface area (Å²) in [6.45, 7) is 0.783. The van der Waals surface area contributed by atoms with Crippen LogP contribution < -0.4 is 5.73 Å². The quantitative estimate of drug-likeness (QED) is 0.365. The first-order valence-electron chi connectivity index (χ1n) is 9.95. The van der Waals surface area contributed by atoms with Crippen molar-refractivity contribution in [3.63, 3.8) is 0 Å². The normalized spacial score (nSPS) is 11.6. The number of fused-ring (bicyclic) bond motifs is 3. The van der Waals surface area contributed by atoms with Crippen LogP contribution in [0.2, 0.25) is 0 Å². The first-order chi connectivity index (χ1) is 14.7. The molecule has 6 aromatic rings. The zero-order chi connectivity index (χ0) is 20.1. The van der Waals surface area contributed by atoms with E-state index < -0.39 is 0 Å². The summed E-state index contributed by atoms with van der Waals surface area (Å²) in [5.74, 6) is 0.841. The molecule has 0 spiro atoms. The summed E-state index contributed by atoms with van der Waals surface area (Å²) >= 11 is 0. The lowest BCUT2D eigenvalue weighted by Crippen LogP contribution is -1.98. The molecule has 3 heterocycles. The summed E-state index contributed by atoms with van der Waals surface area (Å²) in [4.78, 5) is 4.44. The lowest BCUT2D eigenvalue weighted by Gasteiger charge is -2.09. The van der Waals surface area contributed by atoms with Gasteiger partial charge in [-0.1, -0.05) is 30.3 Å². The van der Waals surface area contributed by atoms with Crippen LogP contribution in [0.1, 0.15) is 5.56 Å². The van der Waals surface area contributed by atoms with E-state index in [-0.39, 0.29) is 0 Å². The molecule has 6 rings (SSSR count). The number of benzene rings is 3. The summed E-state index contributed by atoms with van der Waals surface area (Å²) in [7, 11) is 0. The fraction of sp³-hybridized carbons (Fsp3) is 0.0385. The largest absolute Gasteiger partial charge is 0.456 e. The molecular formula is C26H19N3O. The van der Waals surface area contributed by atoms with Gasteiger partial charge in [-0.15, -0.1) is 0 Å². The Morgan fingerprint density at radius 1 is 0.833 bits per heavy atom. The molecule has 144 valence electrons. The molecule has 4 heteroatoms. The highest BCUT2D eigenvalue weighted by Crippen LogP contribution is 2.33. The van der Waals surface area contributed by atoms with Crippen molar-refractivity contribution >= 4 is 38.3 Å². The van der Waals surface area contributed by atoms with Crippen molar-refractivity contribution in [2.75, 3.05) is 5.73 Å². The Balaban J connectivity index is 1.46. The predicted molar refractivity (Wildman–Crippen MR) is 122 cm³/mol. The minimum Gasteiger partial charge on any atom is -0.456 e. The Hall–Kier alpha value is -4.05. The van der Waals surface area contributed by atoms with Crippen LogP contribution in [0.5, 0.6) is 0 Å². The Morgan fingerprint density at radius 2 is 1.77 bits per heavy atom. The topological polar surface area (TPSA) is 57.0 Å². The van der Waals surface area contributed by atoms with Gasteiger partial charge in [0.05, 0.1) is 0 Å². The molecule has 2 N–H and O–H groups in total. The van der Waals surface area contributed by atoms with Gasteiger partial charge >= 0.3 is 0 Å². The summed E-state index contributed by atoms with van der Waals surface area (Å²) in [5, 5.41) is 4.49. The molecule has 3 aromatic carbocycles. The van der Waals surface area contributed by atoms with E-state index in [1.165, 1.54) is 11.1 Å². The third-order valence-electron chi connectivity index (χ3n) is 5.66. The van der Waals surface area contributed by atoms with Gasteiger partial charge in [-0.05, 0) is 53.4 Å². The molecule has 0 radical (unpaired) electrons. The molecular weight excluding hydrogens is 370 g/mol. The lowest BCUT2D eigenvalue weighted by atomic mass is 10.0. The van der Waals surface area contributed by atoms with Crippen LogP contribution in [0, 0.1) is 0 Å². The SMILES string of the molecule is Nc1ccc2c(ccn2Cc2ccc3cncc(-c4cc5ccccc5o4)c3c2)c1. The van der Waals surface area contributed by atoms with Crippen LogP contribution >= 0.6 is 0 Å². The Labute approximate surface area is 173 Å². The molecule has 0 bridgehead atoms. The van der Waals surface area contributed by atoms with Gasteiger partial charge in [-0.2, -0.15) is 0 Å². The zero-order valence-electron chi connectivity index (χ0n) is 16.2. The first kappa shape index (κ1) is 16.9. The van der Waals surface area contributed by atoms with E-state index in [9.17, 15) is 0 Å². The van der Waals surface area contributed by atoms with Crippen molar-refractivity contribution in [1.82, 2.24) is 9.55 Å². The van der Waals surface area contributed by atoms with E-state index in [1.807, 2.05) is 42.7 Å². The number of anilines is 1. The number of hydrogen-bond donors (Lipinski definition) is 1. The van der Waals surface area contributed by atoms with Crippen molar-refractivity contribution in [3.8, 4) is 11.3 Å². The van der Waals surface area contributed by atoms with Gasteiger partial charge in [0.25, 0.3) is 0 Å². The first-order valence-corrected chi connectivity index (χ1v) is 9.95. The highest BCUT2D eigenvalue weighted by molar-refractivity contribution is 5.97. The average Bonchev–Trinajstić information content (AvgIpc) is 3.37. The van der Waals surface area contributed by atoms with Crippen molar-refractivity contribution in [1.29, 1.82) is 0 Å². The molecule has 30 heavy (non-hydrogen) atoms. The molecule has 0 amide bonds. The summed E-state index contributed by atoms with van der Waals surface area (Å²) < 4.78 is 8.37. The number of rotatable bonds is 3. The highest BCUT2D eigenvalue weighted by atomic mass is 16.3.